The molecule has 3 atom stereocenters. The molecule has 7 heteroatoms. The lowest BCUT2D eigenvalue weighted by Gasteiger charge is -2.44. The molecule has 0 spiro atoms. The van der Waals surface area contributed by atoms with E-state index >= 15 is 0 Å². The molecular weight excluding hydrogens is 581 g/mol. The first kappa shape index (κ1) is 34.6. The summed E-state index contributed by atoms with van der Waals surface area (Å²) in [7, 11) is -3.16. The highest BCUT2D eigenvalue weighted by Crippen LogP contribution is 2.43. The van der Waals surface area contributed by atoms with Crippen LogP contribution in [0.1, 0.15) is 60.5 Å². The molecule has 44 heavy (non-hydrogen) atoms. The first-order chi connectivity index (χ1) is 20.6. The molecule has 3 aromatic rings. The van der Waals surface area contributed by atoms with Crippen LogP contribution in [0.2, 0.25) is 23.2 Å². The number of rotatable bonds is 14. The lowest BCUT2D eigenvalue weighted by molar-refractivity contribution is -0.0816. The molecule has 0 amide bonds. The van der Waals surface area contributed by atoms with E-state index in [4.69, 9.17) is 23.1 Å². The predicted molar refractivity (Wildman–Crippen MR) is 186 cm³/mol. The zero-order valence-electron chi connectivity index (χ0n) is 28.6. The number of hydrogen-bond acceptors (Lipinski definition) is 5. The Balaban J connectivity index is 1.66. The van der Waals surface area contributed by atoms with Gasteiger partial charge in [0.05, 0.1) is 26.4 Å². The van der Waals surface area contributed by atoms with Gasteiger partial charge < -0.3 is 23.1 Å². The van der Waals surface area contributed by atoms with E-state index in [2.05, 4.69) is 134 Å². The van der Waals surface area contributed by atoms with Gasteiger partial charge in [-0.15, -0.1) is 0 Å². The summed E-state index contributed by atoms with van der Waals surface area (Å²) >= 11 is 0. The van der Waals surface area contributed by atoms with Crippen LogP contribution in [0.4, 0.5) is 0 Å². The summed E-state index contributed by atoms with van der Waals surface area (Å²) in [6.45, 7) is 22.3. The molecule has 0 N–H and O–H groups in total. The van der Waals surface area contributed by atoms with E-state index in [1.165, 1.54) is 10.4 Å². The molecule has 3 aromatic carbocycles. The van der Waals surface area contributed by atoms with E-state index in [1.807, 2.05) is 12.1 Å². The second-order valence-corrected chi connectivity index (χ2v) is 24.0. The van der Waals surface area contributed by atoms with E-state index in [0.29, 0.717) is 26.2 Å². The Morgan fingerprint density at radius 2 is 1.32 bits per heavy atom. The Morgan fingerprint density at radius 3 is 1.75 bits per heavy atom. The molecule has 1 fully saturated rings. The van der Waals surface area contributed by atoms with Crippen molar-refractivity contribution in [1.82, 2.24) is 0 Å². The molecule has 1 heterocycles. The van der Waals surface area contributed by atoms with E-state index in [1.54, 1.807) is 7.11 Å². The predicted octanol–water partition coefficient (Wildman–Crippen LogP) is 7.73. The molecule has 1 saturated heterocycles. The largest absolute Gasteiger partial charge is 0.497 e. The van der Waals surface area contributed by atoms with Gasteiger partial charge in [-0.2, -0.15) is 0 Å². The second kappa shape index (κ2) is 13.6. The highest BCUT2D eigenvalue weighted by molar-refractivity contribution is 6.99. The third-order valence-electron chi connectivity index (χ3n) is 9.52. The molecule has 5 nitrogen and oxygen atoms in total. The van der Waals surface area contributed by atoms with Crippen LogP contribution >= 0.6 is 0 Å². The molecule has 0 aromatic heterocycles. The molecule has 4 rings (SSSR count). The number of methoxy groups -OCH3 is 1. The van der Waals surface area contributed by atoms with Gasteiger partial charge in [0.2, 0.25) is 0 Å². The smallest absolute Gasteiger partial charge is 0.261 e. The second-order valence-electron chi connectivity index (χ2n) is 14.9. The van der Waals surface area contributed by atoms with Crippen molar-refractivity contribution in [2.75, 3.05) is 20.3 Å². The third-order valence-corrected chi connectivity index (χ3v) is 19.1. The van der Waals surface area contributed by atoms with Crippen LogP contribution in [0.5, 0.6) is 5.75 Å². The molecule has 0 saturated carbocycles. The van der Waals surface area contributed by atoms with Gasteiger partial charge in [0, 0.05) is 6.61 Å². The summed E-state index contributed by atoms with van der Waals surface area (Å²) in [5.41, 5.74) is 0.700. The fourth-order valence-corrected chi connectivity index (χ4v) is 11.7. The van der Waals surface area contributed by atoms with E-state index < -0.39 is 22.2 Å². The average molecular weight is 635 g/mol. The molecule has 1 aliphatic rings. The minimum Gasteiger partial charge on any atom is -0.497 e. The van der Waals surface area contributed by atoms with Crippen molar-refractivity contribution in [2.45, 2.75) is 102 Å². The maximum Gasteiger partial charge on any atom is 0.261 e. The van der Waals surface area contributed by atoms with Crippen LogP contribution in [-0.4, -0.2) is 54.8 Å². The Morgan fingerprint density at radius 1 is 0.795 bits per heavy atom. The standard InChI is InChI=1S/C37H54O5Si2/c1-35(2,3)43(9,10)42-33(34(37(7)28-40-37)39-27-29-21-23-30(38-8)24-22-29)25-26-41-44(36(4,5)6,31-17-13-11-14-18-31)32-19-15-12-16-20-32/h11-24,33-34H,25-28H2,1-10H3/t33-,34-,37+/m0/s1. The molecule has 0 unspecified atom stereocenters. The first-order valence-corrected chi connectivity index (χ1v) is 20.8. The maximum atomic E-state index is 7.33. The van der Waals surface area contributed by atoms with E-state index in [0.717, 1.165) is 11.3 Å². The SMILES string of the molecule is COc1ccc(CO[C@@H]([C@H](CCO[Si](c2ccccc2)(c2ccccc2)C(C)(C)C)O[Si](C)(C)C(C)(C)C)[C@@]2(C)CO2)cc1. The molecular formula is C37H54O5Si2. The lowest BCUT2D eigenvalue weighted by atomic mass is 9.98. The van der Waals surface area contributed by atoms with Crippen LogP contribution in [0.15, 0.2) is 84.9 Å². The van der Waals surface area contributed by atoms with Crippen molar-refractivity contribution in [1.29, 1.82) is 0 Å². The monoisotopic (exact) mass is 634 g/mol. The van der Waals surface area contributed by atoms with Crippen molar-refractivity contribution in [3.8, 4) is 5.75 Å². The van der Waals surface area contributed by atoms with Gasteiger partial charge >= 0.3 is 0 Å². The summed E-state index contributed by atoms with van der Waals surface area (Å²) in [5, 5.41) is 2.52. The van der Waals surface area contributed by atoms with Crippen LogP contribution in [0.25, 0.3) is 0 Å². The number of ether oxygens (including phenoxy) is 3. The van der Waals surface area contributed by atoms with Gasteiger partial charge in [-0.1, -0.05) is 114 Å². The Kier molecular flexibility index (Phi) is 10.7. The zero-order chi connectivity index (χ0) is 32.2. The molecule has 0 radical (unpaired) electrons. The Hall–Kier alpha value is -2.27. The number of hydrogen-bond donors (Lipinski definition) is 0. The van der Waals surface area contributed by atoms with Crippen molar-refractivity contribution in [2.24, 2.45) is 0 Å². The van der Waals surface area contributed by atoms with Gasteiger partial charge in [0.1, 0.15) is 17.5 Å². The van der Waals surface area contributed by atoms with E-state index in [-0.39, 0.29) is 22.3 Å². The summed E-state index contributed by atoms with van der Waals surface area (Å²) < 4.78 is 32.7. The fourth-order valence-electron chi connectivity index (χ4n) is 5.78. The highest BCUT2D eigenvalue weighted by Gasteiger charge is 2.54. The fraction of sp³-hybridized carbons (Fsp3) is 0.514. The van der Waals surface area contributed by atoms with Crippen molar-refractivity contribution in [3.63, 3.8) is 0 Å². The normalized spacial score (nSPS) is 19.0. The van der Waals surface area contributed by atoms with Crippen LogP contribution in [0.3, 0.4) is 0 Å². The minimum absolute atomic E-state index is 0.0515. The summed E-state index contributed by atoms with van der Waals surface area (Å²) in [5.74, 6) is 0.836. The van der Waals surface area contributed by atoms with Crippen molar-refractivity contribution >= 4 is 27.0 Å². The van der Waals surface area contributed by atoms with Gasteiger partial charge in [-0.3, -0.25) is 0 Å². The topological polar surface area (TPSA) is 49.5 Å². The molecule has 0 aliphatic carbocycles. The molecule has 1 aliphatic heterocycles. The van der Waals surface area contributed by atoms with Gasteiger partial charge in [0.15, 0.2) is 8.32 Å². The van der Waals surface area contributed by atoms with Gasteiger partial charge in [-0.25, -0.2) is 0 Å². The Bertz CT molecular complexity index is 1270. The Labute approximate surface area is 268 Å². The average Bonchev–Trinajstić information content (AvgIpc) is 3.72. The number of epoxide rings is 1. The van der Waals surface area contributed by atoms with Crippen LogP contribution in [-0.2, 0) is 24.9 Å². The summed E-state index contributed by atoms with van der Waals surface area (Å²) in [6, 6.07) is 29.7. The first-order valence-electron chi connectivity index (χ1n) is 15.9. The summed E-state index contributed by atoms with van der Waals surface area (Å²) in [6.07, 6.45) is 0.296. The molecule has 0 bridgehead atoms. The zero-order valence-corrected chi connectivity index (χ0v) is 30.6. The minimum atomic E-state index is -2.68. The van der Waals surface area contributed by atoms with Gasteiger partial charge in [0.25, 0.3) is 8.32 Å². The van der Waals surface area contributed by atoms with Gasteiger partial charge in [-0.05, 0) is 64.6 Å². The van der Waals surface area contributed by atoms with Crippen molar-refractivity contribution < 1.29 is 23.1 Å². The maximum absolute atomic E-state index is 7.33. The van der Waals surface area contributed by atoms with Crippen LogP contribution in [0, 0.1) is 0 Å². The number of benzene rings is 3. The highest BCUT2D eigenvalue weighted by atomic mass is 28.4. The quantitative estimate of drug-likeness (QED) is 0.134. The third kappa shape index (κ3) is 7.74. The van der Waals surface area contributed by atoms with Crippen LogP contribution < -0.4 is 15.1 Å². The summed E-state index contributed by atoms with van der Waals surface area (Å²) in [4.78, 5) is 0. The lowest BCUT2D eigenvalue weighted by Crippen LogP contribution is -2.66. The van der Waals surface area contributed by atoms with E-state index in [9.17, 15) is 0 Å². The van der Waals surface area contributed by atoms with Crippen molar-refractivity contribution in [3.05, 3.63) is 90.5 Å². The molecule has 240 valence electrons.